The maximum atomic E-state index is 10.4. The largest absolute Gasteiger partial charge is 0.352 e. The van der Waals surface area contributed by atoms with E-state index in [-0.39, 0.29) is 5.91 Å². The second kappa shape index (κ2) is 3.93. The molecule has 0 aliphatic carbocycles. The van der Waals surface area contributed by atoms with Crippen LogP contribution in [0.15, 0.2) is 10.3 Å². The van der Waals surface area contributed by atoms with Crippen LogP contribution >= 0.6 is 23.5 Å². The second-order valence-electron chi connectivity index (χ2n) is 1.92. The molecule has 0 unspecified atom stereocenters. The number of carbonyl (C=O) groups is 1. The van der Waals surface area contributed by atoms with Gasteiger partial charge in [-0.25, -0.2) is 0 Å². The highest BCUT2D eigenvalue weighted by molar-refractivity contribution is 8.22. The highest BCUT2D eigenvalue weighted by atomic mass is 32.2. The summed E-state index contributed by atoms with van der Waals surface area (Å²) in [5, 5.41) is 5.94. The summed E-state index contributed by atoms with van der Waals surface area (Å²) in [5.41, 5.74) is 0. The van der Waals surface area contributed by atoms with Crippen molar-refractivity contribution in [3.05, 3.63) is 10.3 Å². The highest BCUT2D eigenvalue weighted by Crippen LogP contribution is 2.30. The monoisotopic (exact) mass is 175 g/mol. The van der Waals surface area contributed by atoms with Gasteiger partial charge < -0.3 is 5.32 Å². The summed E-state index contributed by atoms with van der Waals surface area (Å²) in [6.45, 7) is 2.24. The molecule has 1 aliphatic heterocycles. The summed E-state index contributed by atoms with van der Waals surface area (Å²) in [6.07, 6.45) is 0. The number of hydrogen-bond acceptors (Lipinski definition) is 3. The first kappa shape index (κ1) is 8.01. The molecule has 0 radical (unpaired) electrons. The van der Waals surface area contributed by atoms with Crippen LogP contribution in [0.3, 0.4) is 0 Å². The van der Waals surface area contributed by atoms with Crippen molar-refractivity contribution in [1.29, 1.82) is 0 Å². The van der Waals surface area contributed by atoms with Crippen LogP contribution in [0.5, 0.6) is 0 Å². The molecule has 1 heterocycles. The molecule has 0 aromatic carbocycles. The van der Waals surface area contributed by atoms with Gasteiger partial charge in [-0.2, -0.15) is 0 Å². The Kier molecular flexibility index (Phi) is 3.15. The van der Waals surface area contributed by atoms with Gasteiger partial charge in [0.15, 0.2) is 0 Å². The Morgan fingerprint density at radius 2 is 2.70 bits per heavy atom. The smallest absolute Gasteiger partial charge is 0.217 e. The van der Waals surface area contributed by atoms with E-state index >= 15 is 0 Å². The number of amides is 1. The predicted octanol–water partition coefficient (Wildman–Crippen LogP) is 1.40. The third kappa shape index (κ3) is 2.66. The first-order valence-corrected chi connectivity index (χ1v) is 5.00. The molecule has 1 N–H and O–H groups in total. The quantitative estimate of drug-likeness (QED) is 0.688. The third-order valence-corrected chi connectivity index (χ3v) is 3.29. The SMILES string of the molecule is CC(=O)NCC1=CSCS1. The Balaban J connectivity index is 2.19. The lowest BCUT2D eigenvalue weighted by Crippen LogP contribution is -2.21. The zero-order valence-corrected chi connectivity index (χ0v) is 7.35. The van der Waals surface area contributed by atoms with Crippen molar-refractivity contribution < 1.29 is 4.79 Å². The summed E-state index contributed by atoms with van der Waals surface area (Å²) >= 11 is 3.58. The van der Waals surface area contributed by atoms with E-state index in [0.29, 0.717) is 6.54 Å². The van der Waals surface area contributed by atoms with Crippen LogP contribution in [0, 0.1) is 0 Å². The minimum atomic E-state index is 0.0402. The first-order chi connectivity index (χ1) is 4.79. The number of nitrogens with one attached hydrogen (secondary N) is 1. The Hall–Kier alpha value is -0.0900. The van der Waals surface area contributed by atoms with Crippen LogP contribution in [-0.4, -0.2) is 17.5 Å². The van der Waals surface area contributed by atoms with Crippen LogP contribution < -0.4 is 5.32 Å². The number of rotatable bonds is 2. The number of hydrogen-bond donors (Lipinski definition) is 1. The van der Waals surface area contributed by atoms with E-state index in [1.54, 1.807) is 23.5 Å². The lowest BCUT2D eigenvalue weighted by atomic mass is 10.6. The fraction of sp³-hybridized carbons (Fsp3) is 0.500. The van der Waals surface area contributed by atoms with Crippen molar-refractivity contribution >= 4 is 29.4 Å². The summed E-state index contributed by atoms with van der Waals surface area (Å²) in [6, 6.07) is 0. The maximum absolute atomic E-state index is 10.4. The minimum absolute atomic E-state index is 0.0402. The van der Waals surface area contributed by atoms with Gasteiger partial charge in [0.25, 0.3) is 0 Å². The molecule has 0 aromatic heterocycles. The fourth-order valence-electron chi connectivity index (χ4n) is 0.575. The number of carbonyl (C=O) groups excluding carboxylic acids is 1. The summed E-state index contributed by atoms with van der Waals surface area (Å²) in [4.78, 5) is 11.7. The van der Waals surface area contributed by atoms with E-state index < -0.39 is 0 Å². The van der Waals surface area contributed by atoms with Gasteiger partial charge in [0.2, 0.25) is 5.91 Å². The molecule has 1 rings (SSSR count). The first-order valence-electron chi connectivity index (χ1n) is 2.97. The normalized spacial score (nSPS) is 16.7. The molecule has 0 aromatic rings. The van der Waals surface area contributed by atoms with E-state index in [1.807, 2.05) is 0 Å². The van der Waals surface area contributed by atoms with E-state index in [1.165, 1.54) is 11.8 Å². The Morgan fingerprint density at radius 1 is 1.90 bits per heavy atom. The Bertz CT molecular complexity index is 167. The Labute approximate surface area is 68.8 Å². The van der Waals surface area contributed by atoms with Gasteiger partial charge in [0.1, 0.15) is 0 Å². The molecule has 56 valence electrons. The van der Waals surface area contributed by atoms with Gasteiger partial charge in [-0.1, -0.05) is 0 Å². The average Bonchev–Trinajstić information content (AvgIpc) is 2.34. The average molecular weight is 175 g/mol. The molecule has 0 bridgehead atoms. The lowest BCUT2D eigenvalue weighted by molar-refractivity contribution is -0.118. The van der Waals surface area contributed by atoms with Gasteiger partial charge in [0.05, 0.1) is 0 Å². The molecule has 2 nitrogen and oxygen atoms in total. The highest BCUT2D eigenvalue weighted by Gasteiger charge is 2.04. The fourth-order valence-corrected chi connectivity index (χ4v) is 2.64. The van der Waals surface area contributed by atoms with Crippen LogP contribution in [0.2, 0.25) is 0 Å². The van der Waals surface area contributed by atoms with E-state index in [4.69, 9.17) is 0 Å². The van der Waals surface area contributed by atoms with Gasteiger partial charge in [-0.3, -0.25) is 4.79 Å². The van der Waals surface area contributed by atoms with E-state index in [2.05, 4.69) is 10.7 Å². The van der Waals surface area contributed by atoms with Crippen LogP contribution in [0.1, 0.15) is 6.92 Å². The van der Waals surface area contributed by atoms with Gasteiger partial charge in [-0.05, 0) is 5.41 Å². The van der Waals surface area contributed by atoms with Crippen molar-refractivity contribution in [2.24, 2.45) is 0 Å². The molecule has 0 atom stereocenters. The summed E-state index contributed by atoms with van der Waals surface area (Å²) in [5.74, 6) is 0.0402. The van der Waals surface area contributed by atoms with Crippen molar-refractivity contribution in [3.8, 4) is 0 Å². The van der Waals surface area contributed by atoms with Crippen molar-refractivity contribution in [2.45, 2.75) is 6.92 Å². The minimum Gasteiger partial charge on any atom is -0.352 e. The third-order valence-electron chi connectivity index (χ3n) is 1.04. The molecule has 0 fully saturated rings. The molecule has 0 spiro atoms. The zero-order chi connectivity index (χ0) is 7.40. The molecular formula is C6H9NOS2. The molecule has 1 aliphatic rings. The lowest BCUT2D eigenvalue weighted by Gasteiger charge is -1.99. The van der Waals surface area contributed by atoms with Crippen LogP contribution in [-0.2, 0) is 4.79 Å². The second-order valence-corrected chi connectivity index (χ2v) is 4.25. The summed E-state index contributed by atoms with van der Waals surface area (Å²) < 4.78 is 0. The molecule has 0 saturated carbocycles. The van der Waals surface area contributed by atoms with E-state index in [0.717, 1.165) is 5.08 Å². The predicted molar refractivity (Wildman–Crippen MR) is 46.8 cm³/mol. The summed E-state index contributed by atoms with van der Waals surface area (Å²) in [7, 11) is 0. The topological polar surface area (TPSA) is 29.1 Å². The van der Waals surface area contributed by atoms with E-state index in [9.17, 15) is 4.79 Å². The molecule has 0 saturated heterocycles. The van der Waals surface area contributed by atoms with Crippen molar-refractivity contribution in [1.82, 2.24) is 5.32 Å². The van der Waals surface area contributed by atoms with Gasteiger partial charge in [0, 0.05) is 23.5 Å². The van der Waals surface area contributed by atoms with Crippen LogP contribution in [0.4, 0.5) is 0 Å². The van der Waals surface area contributed by atoms with Gasteiger partial charge >= 0.3 is 0 Å². The van der Waals surface area contributed by atoms with Crippen molar-refractivity contribution in [3.63, 3.8) is 0 Å². The Morgan fingerprint density at radius 3 is 3.20 bits per heavy atom. The zero-order valence-electron chi connectivity index (χ0n) is 5.72. The standard InChI is InChI=1S/C6H9NOS2/c1-5(8)7-2-6-3-9-4-10-6/h3H,2,4H2,1H3,(H,7,8). The molecule has 10 heavy (non-hydrogen) atoms. The molecular weight excluding hydrogens is 166 g/mol. The van der Waals surface area contributed by atoms with Crippen LogP contribution in [0.25, 0.3) is 0 Å². The maximum Gasteiger partial charge on any atom is 0.217 e. The number of thioether (sulfide) groups is 2. The van der Waals surface area contributed by atoms with Crippen molar-refractivity contribution in [2.75, 3.05) is 11.6 Å². The molecule has 4 heteroatoms. The molecule has 1 amide bonds. The van der Waals surface area contributed by atoms with Gasteiger partial charge in [-0.15, -0.1) is 23.5 Å².